The van der Waals surface area contributed by atoms with Gasteiger partial charge in [0, 0.05) is 23.9 Å². The van der Waals surface area contributed by atoms with Gasteiger partial charge < -0.3 is 5.32 Å². The molecule has 1 aromatic heterocycles. The number of carbonyl (C=O) groups excluding carboxylic acids is 1. The standard InChI is InChI=1S/C18H15F2N3O/c19-13-5-11(6-14(20)8-13)16-7-12(10-22-17(16)9-21)18(24)23-15-3-1-2-4-15/h5-8,10,15H,1-4H2,(H,23,24). The third-order valence-electron chi connectivity index (χ3n) is 4.12. The van der Waals surface area contributed by atoms with Gasteiger partial charge in [0.2, 0.25) is 0 Å². The van der Waals surface area contributed by atoms with Crippen molar-refractivity contribution >= 4 is 5.91 Å². The predicted molar refractivity (Wildman–Crippen MR) is 84.0 cm³/mol. The van der Waals surface area contributed by atoms with E-state index in [1.54, 1.807) is 0 Å². The van der Waals surface area contributed by atoms with Gasteiger partial charge in [-0.15, -0.1) is 0 Å². The van der Waals surface area contributed by atoms with Gasteiger partial charge >= 0.3 is 0 Å². The van der Waals surface area contributed by atoms with Crippen molar-refractivity contribution in [1.29, 1.82) is 5.26 Å². The van der Waals surface area contributed by atoms with Gasteiger partial charge in [-0.3, -0.25) is 4.79 Å². The number of pyridine rings is 1. The van der Waals surface area contributed by atoms with Crippen molar-refractivity contribution in [3.63, 3.8) is 0 Å². The normalized spacial score (nSPS) is 14.4. The summed E-state index contributed by atoms with van der Waals surface area (Å²) in [6.45, 7) is 0. The lowest BCUT2D eigenvalue weighted by atomic mass is 10.0. The number of benzene rings is 1. The lowest BCUT2D eigenvalue weighted by molar-refractivity contribution is 0.0937. The van der Waals surface area contributed by atoms with Crippen LogP contribution in [-0.2, 0) is 0 Å². The number of hydrogen-bond donors (Lipinski definition) is 1. The van der Waals surface area contributed by atoms with Crippen LogP contribution in [0.2, 0.25) is 0 Å². The molecule has 0 aliphatic heterocycles. The van der Waals surface area contributed by atoms with Crippen LogP contribution >= 0.6 is 0 Å². The molecule has 1 aromatic carbocycles. The van der Waals surface area contributed by atoms with E-state index in [1.807, 2.05) is 6.07 Å². The monoisotopic (exact) mass is 327 g/mol. The SMILES string of the molecule is N#Cc1ncc(C(=O)NC2CCCC2)cc1-c1cc(F)cc(F)c1. The van der Waals surface area contributed by atoms with Crippen LogP contribution in [0.15, 0.2) is 30.5 Å². The van der Waals surface area contributed by atoms with Crippen LogP contribution < -0.4 is 5.32 Å². The third kappa shape index (κ3) is 3.40. The molecule has 0 saturated heterocycles. The second-order valence-electron chi connectivity index (χ2n) is 5.84. The Hall–Kier alpha value is -2.81. The van der Waals surface area contributed by atoms with Crippen LogP contribution in [-0.4, -0.2) is 16.9 Å². The van der Waals surface area contributed by atoms with Crippen molar-refractivity contribution in [1.82, 2.24) is 10.3 Å². The minimum absolute atomic E-state index is 0.0115. The maximum atomic E-state index is 13.5. The second kappa shape index (κ2) is 6.75. The Balaban J connectivity index is 1.96. The van der Waals surface area contributed by atoms with E-state index in [0.717, 1.165) is 43.9 Å². The van der Waals surface area contributed by atoms with E-state index >= 15 is 0 Å². The summed E-state index contributed by atoms with van der Waals surface area (Å²) < 4.78 is 26.9. The average molecular weight is 327 g/mol. The first-order valence-corrected chi connectivity index (χ1v) is 7.74. The number of aromatic nitrogens is 1. The van der Waals surface area contributed by atoms with Crippen molar-refractivity contribution in [2.45, 2.75) is 31.7 Å². The van der Waals surface area contributed by atoms with Gasteiger partial charge in [0.1, 0.15) is 23.4 Å². The molecule has 1 amide bonds. The molecule has 0 bridgehead atoms. The molecule has 0 radical (unpaired) electrons. The lowest BCUT2D eigenvalue weighted by Gasteiger charge is -2.13. The van der Waals surface area contributed by atoms with Crippen LogP contribution in [0.4, 0.5) is 8.78 Å². The molecule has 1 aliphatic rings. The van der Waals surface area contributed by atoms with E-state index in [4.69, 9.17) is 0 Å². The number of rotatable bonds is 3. The van der Waals surface area contributed by atoms with Crippen LogP contribution in [0.1, 0.15) is 41.7 Å². The average Bonchev–Trinajstić information content (AvgIpc) is 3.06. The molecule has 1 aliphatic carbocycles. The molecular weight excluding hydrogens is 312 g/mol. The summed E-state index contributed by atoms with van der Waals surface area (Å²) in [5.41, 5.74) is 0.681. The molecule has 0 unspecified atom stereocenters. The third-order valence-corrected chi connectivity index (χ3v) is 4.12. The summed E-state index contributed by atoms with van der Waals surface area (Å²) in [4.78, 5) is 16.3. The number of nitriles is 1. The molecule has 6 heteroatoms. The Morgan fingerprint density at radius 1 is 1.17 bits per heavy atom. The number of nitrogens with zero attached hydrogens (tertiary/aromatic N) is 2. The van der Waals surface area contributed by atoms with Crippen LogP contribution in [0.5, 0.6) is 0 Å². The van der Waals surface area contributed by atoms with E-state index < -0.39 is 11.6 Å². The summed E-state index contributed by atoms with van der Waals surface area (Å²) in [6.07, 6.45) is 5.37. The van der Waals surface area contributed by atoms with E-state index in [1.165, 1.54) is 12.3 Å². The fourth-order valence-electron chi connectivity index (χ4n) is 2.95. The molecule has 1 N–H and O–H groups in total. The summed E-state index contributed by atoms with van der Waals surface area (Å²) in [5.74, 6) is -1.80. The largest absolute Gasteiger partial charge is 0.349 e. The fraction of sp³-hybridized carbons (Fsp3) is 0.278. The number of amides is 1. The Morgan fingerprint density at radius 3 is 2.46 bits per heavy atom. The highest BCUT2D eigenvalue weighted by Crippen LogP contribution is 2.25. The van der Waals surface area contributed by atoms with Crippen molar-refractivity contribution in [2.24, 2.45) is 0 Å². The molecule has 0 atom stereocenters. The zero-order valence-corrected chi connectivity index (χ0v) is 12.9. The van der Waals surface area contributed by atoms with Gasteiger partial charge in [0.15, 0.2) is 0 Å². The van der Waals surface area contributed by atoms with Gasteiger partial charge in [-0.1, -0.05) is 12.8 Å². The lowest BCUT2D eigenvalue weighted by Crippen LogP contribution is -2.32. The first-order chi connectivity index (χ1) is 11.6. The highest BCUT2D eigenvalue weighted by molar-refractivity contribution is 5.95. The molecule has 1 heterocycles. The predicted octanol–water partition coefficient (Wildman–Crippen LogP) is 3.57. The van der Waals surface area contributed by atoms with Crippen molar-refractivity contribution < 1.29 is 13.6 Å². The van der Waals surface area contributed by atoms with E-state index in [0.29, 0.717) is 0 Å². The minimum Gasteiger partial charge on any atom is -0.349 e. The second-order valence-corrected chi connectivity index (χ2v) is 5.84. The summed E-state index contributed by atoms with van der Waals surface area (Å²) in [5, 5.41) is 12.1. The van der Waals surface area contributed by atoms with Crippen LogP contribution in [0.25, 0.3) is 11.1 Å². The molecular formula is C18H15F2N3O. The van der Waals surface area contributed by atoms with E-state index in [-0.39, 0.29) is 34.3 Å². The maximum Gasteiger partial charge on any atom is 0.253 e. The summed E-state index contributed by atoms with van der Waals surface area (Å²) >= 11 is 0. The Morgan fingerprint density at radius 2 is 1.83 bits per heavy atom. The Bertz CT molecular complexity index is 803. The number of halogens is 2. The topological polar surface area (TPSA) is 65.8 Å². The molecule has 0 spiro atoms. The zero-order valence-electron chi connectivity index (χ0n) is 12.9. The van der Waals surface area contributed by atoms with Crippen LogP contribution in [0.3, 0.4) is 0 Å². The van der Waals surface area contributed by atoms with Gasteiger partial charge in [-0.05, 0) is 36.6 Å². The zero-order chi connectivity index (χ0) is 17.1. The first-order valence-electron chi connectivity index (χ1n) is 7.74. The molecule has 122 valence electrons. The molecule has 3 rings (SSSR count). The van der Waals surface area contributed by atoms with E-state index in [2.05, 4.69) is 10.3 Å². The molecule has 24 heavy (non-hydrogen) atoms. The highest BCUT2D eigenvalue weighted by Gasteiger charge is 2.19. The van der Waals surface area contributed by atoms with Gasteiger partial charge in [-0.25, -0.2) is 13.8 Å². The molecule has 1 saturated carbocycles. The van der Waals surface area contributed by atoms with E-state index in [9.17, 15) is 18.8 Å². The Labute approximate surface area is 138 Å². The molecule has 4 nitrogen and oxygen atoms in total. The smallest absolute Gasteiger partial charge is 0.253 e. The Kier molecular flexibility index (Phi) is 4.52. The maximum absolute atomic E-state index is 13.5. The first kappa shape index (κ1) is 16.1. The quantitative estimate of drug-likeness (QED) is 0.937. The fourth-order valence-corrected chi connectivity index (χ4v) is 2.95. The van der Waals surface area contributed by atoms with Gasteiger partial charge in [0.25, 0.3) is 5.91 Å². The van der Waals surface area contributed by atoms with Crippen LogP contribution in [0, 0.1) is 23.0 Å². The highest BCUT2D eigenvalue weighted by atomic mass is 19.1. The van der Waals surface area contributed by atoms with Crippen molar-refractivity contribution in [2.75, 3.05) is 0 Å². The van der Waals surface area contributed by atoms with Crippen molar-refractivity contribution in [3.05, 3.63) is 53.4 Å². The number of hydrogen-bond acceptors (Lipinski definition) is 3. The molecule has 1 fully saturated rings. The van der Waals surface area contributed by atoms with Gasteiger partial charge in [-0.2, -0.15) is 5.26 Å². The summed E-state index contributed by atoms with van der Waals surface area (Å²) in [6, 6.07) is 6.45. The minimum atomic E-state index is -0.755. The number of carbonyl (C=O) groups is 1. The van der Waals surface area contributed by atoms with Crippen molar-refractivity contribution in [3.8, 4) is 17.2 Å². The molecule has 2 aromatic rings. The summed E-state index contributed by atoms with van der Waals surface area (Å²) in [7, 11) is 0. The number of nitrogens with one attached hydrogen (secondary N) is 1. The van der Waals surface area contributed by atoms with Gasteiger partial charge in [0.05, 0.1) is 5.56 Å².